The number of benzene rings is 1. The molecule has 1 aliphatic rings. The summed E-state index contributed by atoms with van der Waals surface area (Å²) in [6, 6.07) is 6.91. The Morgan fingerprint density at radius 2 is 2.25 bits per heavy atom. The molecule has 0 aromatic heterocycles. The lowest BCUT2D eigenvalue weighted by Gasteiger charge is -2.15. The van der Waals surface area contributed by atoms with Crippen molar-refractivity contribution in [2.45, 2.75) is 31.3 Å². The highest BCUT2D eigenvalue weighted by molar-refractivity contribution is 9.10. The van der Waals surface area contributed by atoms with E-state index >= 15 is 0 Å². The zero-order valence-corrected chi connectivity index (χ0v) is 11.0. The predicted molar refractivity (Wildman–Crippen MR) is 69.9 cm³/mol. The van der Waals surface area contributed by atoms with Gasteiger partial charge in [0.05, 0.1) is 11.6 Å². The summed E-state index contributed by atoms with van der Waals surface area (Å²) in [6.45, 7) is 0. The summed E-state index contributed by atoms with van der Waals surface area (Å²) in [4.78, 5) is 0. The molecule has 2 unspecified atom stereocenters. The third kappa shape index (κ3) is 2.68. The van der Waals surface area contributed by atoms with Gasteiger partial charge >= 0.3 is 0 Å². The van der Waals surface area contributed by atoms with Crippen LogP contribution < -0.4 is 15.8 Å². The van der Waals surface area contributed by atoms with Crippen LogP contribution >= 0.6 is 15.9 Å². The number of nitrogens with one attached hydrogen (secondary N) is 1. The lowest BCUT2D eigenvalue weighted by molar-refractivity contribution is 0.412. The first kappa shape index (κ1) is 11.7. The monoisotopic (exact) mass is 284 g/mol. The average molecular weight is 285 g/mol. The fourth-order valence-corrected chi connectivity index (χ4v) is 2.68. The Labute approximate surface area is 104 Å². The van der Waals surface area contributed by atoms with Crippen LogP contribution in [-0.4, -0.2) is 19.2 Å². The van der Waals surface area contributed by atoms with Crippen LogP contribution in [0.4, 0.5) is 5.69 Å². The minimum Gasteiger partial charge on any atom is -0.496 e. The molecule has 1 aliphatic carbocycles. The van der Waals surface area contributed by atoms with Crippen molar-refractivity contribution in [3.8, 4) is 5.75 Å². The maximum Gasteiger partial charge on any atom is 0.133 e. The van der Waals surface area contributed by atoms with Crippen molar-refractivity contribution in [2.75, 3.05) is 12.4 Å². The second-order valence-electron chi connectivity index (χ2n) is 4.26. The highest BCUT2D eigenvalue weighted by atomic mass is 79.9. The number of nitrogens with two attached hydrogens (primary N) is 1. The molecule has 0 saturated heterocycles. The number of anilines is 1. The molecule has 3 nitrogen and oxygen atoms in total. The largest absolute Gasteiger partial charge is 0.496 e. The molecule has 3 N–H and O–H groups in total. The highest BCUT2D eigenvalue weighted by Crippen LogP contribution is 2.29. The summed E-state index contributed by atoms with van der Waals surface area (Å²) in [5, 5.41) is 3.50. The lowest BCUT2D eigenvalue weighted by atomic mass is 10.2. The number of rotatable bonds is 3. The first-order chi connectivity index (χ1) is 7.69. The summed E-state index contributed by atoms with van der Waals surface area (Å²) < 4.78 is 6.17. The molecule has 1 fully saturated rings. The van der Waals surface area contributed by atoms with Gasteiger partial charge in [0.25, 0.3) is 0 Å². The minimum absolute atomic E-state index is 0.360. The van der Waals surface area contributed by atoms with Crippen LogP contribution in [0.1, 0.15) is 19.3 Å². The SMILES string of the molecule is COc1ccc(NC2CCC(N)C2)cc1Br. The van der Waals surface area contributed by atoms with Crippen LogP contribution in [0.2, 0.25) is 0 Å². The van der Waals surface area contributed by atoms with Gasteiger partial charge in [0, 0.05) is 17.8 Å². The normalized spacial score (nSPS) is 24.4. The van der Waals surface area contributed by atoms with Gasteiger partial charge in [-0.05, 0) is 53.4 Å². The molecular formula is C12H17BrN2O. The zero-order chi connectivity index (χ0) is 11.5. The molecule has 1 aromatic rings. The Kier molecular flexibility index (Phi) is 3.71. The van der Waals surface area contributed by atoms with Crippen LogP contribution in [0.25, 0.3) is 0 Å². The van der Waals surface area contributed by atoms with Gasteiger partial charge in [0.2, 0.25) is 0 Å². The number of halogens is 1. The van der Waals surface area contributed by atoms with Crippen molar-refractivity contribution < 1.29 is 4.74 Å². The number of hydrogen-bond acceptors (Lipinski definition) is 3. The van der Waals surface area contributed by atoms with Gasteiger partial charge in [-0.2, -0.15) is 0 Å². The maximum atomic E-state index is 5.89. The zero-order valence-electron chi connectivity index (χ0n) is 9.37. The van der Waals surface area contributed by atoms with Crippen molar-refractivity contribution in [1.82, 2.24) is 0 Å². The van der Waals surface area contributed by atoms with E-state index in [2.05, 4.69) is 21.2 Å². The molecule has 0 amide bonds. The molecule has 0 heterocycles. The molecule has 1 aromatic carbocycles. The molecule has 16 heavy (non-hydrogen) atoms. The maximum absolute atomic E-state index is 5.89. The highest BCUT2D eigenvalue weighted by Gasteiger charge is 2.21. The van der Waals surface area contributed by atoms with E-state index in [1.54, 1.807) is 7.11 Å². The van der Waals surface area contributed by atoms with E-state index in [-0.39, 0.29) is 0 Å². The van der Waals surface area contributed by atoms with Gasteiger partial charge in [-0.25, -0.2) is 0 Å². The average Bonchev–Trinajstić information content (AvgIpc) is 2.64. The van der Waals surface area contributed by atoms with Crippen molar-refractivity contribution in [3.05, 3.63) is 22.7 Å². The number of methoxy groups -OCH3 is 1. The van der Waals surface area contributed by atoms with Gasteiger partial charge < -0.3 is 15.8 Å². The minimum atomic E-state index is 0.360. The van der Waals surface area contributed by atoms with E-state index in [4.69, 9.17) is 10.5 Å². The van der Waals surface area contributed by atoms with Gasteiger partial charge in [-0.15, -0.1) is 0 Å². The topological polar surface area (TPSA) is 47.3 Å². The lowest BCUT2D eigenvalue weighted by Crippen LogP contribution is -2.20. The van der Waals surface area contributed by atoms with Gasteiger partial charge in [0.15, 0.2) is 0 Å². The Balaban J connectivity index is 2.02. The third-order valence-electron chi connectivity index (χ3n) is 3.00. The van der Waals surface area contributed by atoms with Gasteiger partial charge in [0.1, 0.15) is 5.75 Å². The molecular weight excluding hydrogens is 268 g/mol. The second kappa shape index (κ2) is 5.06. The Bertz CT molecular complexity index is 370. The van der Waals surface area contributed by atoms with Crippen LogP contribution in [0.5, 0.6) is 5.75 Å². The smallest absolute Gasteiger partial charge is 0.133 e. The predicted octanol–water partition coefficient (Wildman–Crippen LogP) is 2.75. The fourth-order valence-electron chi connectivity index (χ4n) is 2.14. The van der Waals surface area contributed by atoms with E-state index in [1.165, 1.54) is 0 Å². The van der Waals surface area contributed by atoms with Crippen molar-refractivity contribution in [2.24, 2.45) is 5.73 Å². The van der Waals surface area contributed by atoms with Crippen molar-refractivity contribution >= 4 is 21.6 Å². The second-order valence-corrected chi connectivity index (χ2v) is 5.12. The van der Waals surface area contributed by atoms with Crippen LogP contribution in [0.15, 0.2) is 22.7 Å². The van der Waals surface area contributed by atoms with Crippen LogP contribution in [0, 0.1) is 0 Å². The summed E-state index contributed by atoms with van der Waals surface area (Å²) in [6.07, 6.45) is 3.34. The van der Waals surface area contributed by atoms with E-state index in [1.807, 2.05) is 18.2 Å². The Morgan fingerprint density at radius 1 is 1.44 bits per heavy atom. The molecule has 0 bridgehead atoms. The van der Waals surface area contributed by atoms with Crippen molar-refractivity contribution in [3.63, 3.8) is 0 Å². The quantitative estimate of drug-likeness (QED) is 0.897. The van der Waals surface area contributed by atoms with Gasteiger partial charge in [-0.1, -0.05) is 0 Å². The first-order valence-corrected chi connectivity index (χ1v) is 6.34. The summed E-state index contributed by atoms with van der Waals surface area (Å²) in [7, 11) is 1.67. The Hall–Kier alpha value is -0.740. The number of ether oxygens (including phenoxy) is 1. The molecule has 0 radical (unpaired) electrons. The Morgan fingerprint density at radius 3 is 2.81 bits per heavy atom. The molecule has 2 rings (SSSR count). The van der Waals surface area contributed by atoms with Crippen molar-refractivity contribution in [1.29, 1.82) is 0 Å². The third-order valence-corrected chi connectivity index (χ3v) is 3.62. The van der Waals surface area contributed by atoms with Crippen LogP contribution in [0.3, 0.4) is 0 Å². The molecule has 88 valence electrons. The van der Waals surface area contributed by atoms with E-state index in [0.717, 1.165) is 35.2 Å². The molecule has 4 heteroatoms. The van der Waals surface area contributed by atoms with E-state index in [9.17, 15) is 0 Å². The molecule has 2 atom stereocenters. The fraction of sp³-hybridized carbons (Fsp3) is 0.500. The summed E-state index contributed by atoms with van der Waals surface area (Å²) in [5.41, 5.74) is 7.00. The van der Waals surface area contributed by atoms with E-state index < -0.39 is 0 Å². The molecule has 0 aliphatic heterocycles. The first-order valence-electron chi connectivity index (χ1n) is 5.54. The van der Waals surface area contributed by atoms with Gasteiger partial charge in [-0.3, -0.25) is 0 Å². The standard InChI is InChI=1S/C12H17BrN2O/c1-16-12-5-4-10(7-11(12)13)15-9-3-2-8(14)6-9/h4-5,7-9,15H,2-3,6,14H2,1H3. The number of hydrogen-bond donors (Lipinski definition) is 2. The molecule has 0 spiro atoms. The molecule has 1 saturated carbocycles. The summed E-state index contributed by atoms with van der Waals surface area (Å²) in [5.74, 6) is 0.855. The van der Waals surface area contributed by atoms with Crippen LogP contribution in [-0.2, 0) is 0 Å². The van der Waals surface area contributed by atoms with E-state index in [0.29, 0.717) is 12.1 Å². The summed E-state index contributed by atoms with van der Waals surface area (Å²) >= 11 is 3.48.